The van der Waals surface area contributed by atoms with E-state index < -0.39 is 67.0 Å². The summed E-state index contributed by atoms with van der Waals surface area (Å²) >= 11 is 0. The molecule has 0 bridgehead atoms. The molecule has 0 spiro atoms. The monoisotopic (exact) mass is 1060 g/mol. The number of aryl methyl sites for hydroxylation is 2. The maximum Gasteiger partial charge on any atom is 0.321 e. The molecule has 0 amide bonds. The number of carboxylic acid groups (broad SMARTS) is 2. The second-order valence-corrected chi connectivity index (χ2v) is 24.4. The molecule has 4 unspecified atom stereocenters. The Morgan fingerprint density at radius 2 is 1.11 bits per heavy atom. The predicted octanol–water partition coefficient (Wildman–Crippen LogP) is 4.76. The van der Waals surface area contributed by atoms with Gasteiger partial charge in [0, 0.05) is 32.6 Å². The van der Waals surface area contributed by atoms with E-state index in [1.165, 1.54) is 24.3 Å². The Kier molecular flexibility index (Phi) is 18.9. The summed E-state index contributed by atoms with van der Waals surface area (Å²) in [5.74, 6) is -1.59. The van der Waals surface area contributed by atoms with Crippen molar-refractivity contribution in [1.29, 1.82) is 0 Å². The number of nitrogens with zero attached hydrogens (tertiary/aromatic N) is 2. The maximum absolute atomic E-state index is 13.9. The molecule has 4 fully saturated rings. The van der Waals surface area contributed by atoms with E-state index in [0.717, 1.165) is 82.4 Å². The van der Waals surface area contributed by atoms with Crippen molar-refractivity contribution in [2.75, 3.05) is 53.4 Å². The van der Waals surface area contributed by atoms with E-state index in [1.807, 2.05) is 26.0 Å². The molecule has 0 saturated carbocycles. The Hall–Kier alpha value is -5.06. The molecular formula is C54H74N6O12S2. The van der Waals surface area contributed by atoms with Crippen molar-refractivity contribution in [2.45, 2.75) is 137 Å². The Morgan fingerprint density at radius 1 is 0.662 bits per heavy atom. The van der Waals surface area contributed by atoms with Gasteiger partial charge in [0.05, 0.1) is 38.5 Å². The van der Waals surface area contributed by atoms with E-state index in [0.29, 0.717) is 30.9 Å². The summed E-state index contributed by atoms with van der Waals surface area (Å²) in [5.41, 5.74) is -0.602. The number of hydrogen-bond acceptors (Lipinski definition) is 14. The summed E-state index contributed by atoms with van der Waals surface area (Å²) in [6.45, 7) is 8.87. The molecule has 404 valence electrons. The van der Waals surface area contributed by atoms with Gasteiger partial charge in [0.1, 0.15) is 30.1 Å². The zero-order chi connectivity index (χ0) is 53.3. The highest BCUT2D eigenvalue weighted by Crippen LogP contribution is 2.42. The molecule has 6 aliphatic rings. The number of Topliss-reactive ketones (excluding diaryl/α,β-unsaturated/α-hetero) is 2. The van der Waals surface area contributed by atoms with Gasteiger partial charge in [0.25, 0.3) is 0 Å². The van der Waals surface area contributed by atoms with Gasteiger partial charge in [0.2, 0.25) is 20.0 Å². The topological polar surface area (TPSA) is 250 Å². The van der Waals surface area contributed by atoms with Crippen LogP contribution in [0.15, 0.2) is 106 Å². The highest BCUT2D eigenvalue weighted by Gasteiger charge is 2.48. The lowest BCUT2D eigenvalue weighted by atomic mass is 9.70. The first-order valence-corrected chi connectivity index (χ1v) is 28.8. The second-order valence-electron chi connectivity index (χ2n) is 21.0. The molecule has 20 heteroatoms. The molecule has 6 N–H and O–H groups in total. The van der Waals surface area contributed by atoms with Crippen molar-refractivity contribution >= 4 is 43.6 Å². The number of carboxylic acids is 2. The summed E-state index contributed by atoms with van der Waals surface area (Å²) in [5, 5.41) is 26.5. The molecule has 2 aliphatic carbocycles. The summed E-state index contributed by atoms with van der Waals surface area (Å²) in [6, 6.07) is 8.61. The Labute approximate surface area is 436 Å². The number of benzene rings is 2. The molecule has 0 radical (unpaired) electrons. The van der Waals surface area contributed by atoms with Crippen LogP contribution in [0.3, 0.4) is 0 Å². The van der Waals surface area contributed by atoms with Crippen LogP contribution >= 0.6 is 0 Å². The first-order chi connectivity index (χ1) is 35.2. The minimum atomic E-state index is -4.12. The number of piperidine rings is 2. The average molecular weight is 1060 g/mol. The number of carbonyl (C=O) groups is 4. The molecule has 6 atom stereocenters. The number of rotatable bonds is 20. The van der Waals surface area contributed by atoms with Gasteiger partial charge < -0.3 is 40.1 Å². The molecule has 0 aromatic heterocycles. The Balaban J connectivity index is 0.000000216. The lowest BCUT2D eigenvalue weighted by Crippen LogP contribution is -2.50. The number of carbonyl (C=O) groups excluding carboxylic acids is 2. The quantitative estimate of drug-likeness (QED) is 0.105. The van der Waals surface area contributed by atoms with Crippen LogP contribution in [-0.4, -0.2) is 150 Å². The lowest BCUT2D eigenvalue weighted by Gasteiger charge is -2.38. The number of nitrogens with one attached hydrogen (secondary N) is 4. The molecule has 4 heterocycles. The van der Waals surface area contributed by atoms with Gasteiger partial charge in [-0.2, -0.15) is 9.44 Å². The van der Waals surface area contributed by atoms with E-state index in [2.05, 4.69) is 44.0 Å². The highest BCUT2D eigenvalue weighted by atomic mass is 32.2. The van der Waals surface area contributed by atoms with Crippen molar-refractivity contribution in [1.82, 2.24) is 29.9 Å². The highest BCUT2D eigenvalue weighted by molar-refractivity contribution is 7.89. The number of sulfonamides is 2. The third-order valence-electron chi connectivity index (χ3n) is 15.1. The van der Waals surface area contributed by atoms with Gasteiger partial charge in [-0.05, 0) is 154 Å². The molecule has 4 saturated heterocycles. The van der Waals surface area contributed by atoms with Crippen LogP contribution in [-0.2, 0) is 48.7 Å². The van der Waals surface area contributed by atoms with Gasteiger partial charge in [-0.1, -0.05) is 53.6 Å². The fourth-order valence-corrected chi connectivity index (χ4v) is 13.0. The third-order valence-corrected chi connectivity index (χ3v) is 18.1. The maximum atomic E-state index is 13.9. The average Bonchev–Trinajstić information content (AvgIpc) is 4.13. The number of ketones is 2. The largest absolute Gasteiger partial charge is 0.495 e. The summed E-state index contributed by atoms with van der Waals surface area (Å²) < 4.78 is 69.3. The summed E-state index contributed by atoms with van der Waals surface area (Å²) in [4.78, 5) is 56.6. The van der Waals surface area contributed by atoms with Crippen LogP contribution in [0.1, 0.15) is 88.2 Å². The van der Waals surface area contributed by atoms with Crippen LogP contribution < -0.4 is 20.1 Å². The van der Waals surface area contributed by atoms with Crippen LogP contribution in [0.4, 0.5) is 0 Å². The van der Waals surface area contributed by atoms with Crippen LogP contribution in [0.5, 0.6) is 0 Å². The van der Waals surface area contributed by atoms with Gasteiger partial charge >= 0.3 is 11.9 Å². The minimum Gasteiger partial charge on any atom is -0.495 e. The lowest BCUT2D eigenvalue weighted by molar-refractivity contribution is -0.142. The van der Waals surface area contributed by atoms with E-state index >= 15 is 0 Å². The van der Waals surface area contributed by atoms with Gasteiger partial charge in [-0.3, -0.25) is 19.2 Å². The van der Waals surface area contributed by atoms with E-state index in [-0.39, 0.29) is 59.2 Å². The molecular weight excluding hydrogens is 989 g/mol. The van der Waals surface area contributed by atoms with Crippen LogP contribution in [0.25, 0.3) is 0 Å². The van der Waals surface area contributed by atoms with Crippen LogP contribution in [0, 0.1) is 24.7 Å². The van der Waals surface area contributed by atoms with Crippen molar-refractivity contribution in [2.24, 2.45) is 10.8 Å². The standard InChI is InChI=1S/2C27H37N3O6S/c1-19-7-9-22(10-8-19)37(34,35)29-24(26(32)33)18-27(25(31)23-6-4-14-28-23)13-3-5-21(17-27)36-20-11-15-30(2)16-12-20;1-19-5-7-22(8-6-19)37(34,35)29-24(26(32)33)18-27(25(31)23-4-3-15-28-23)13-9-20(10-14-27)36-21-11-16-30(2)17-12-21/h3,5,7-10,13,20,23-24,28-29H,4,6,11-12,14-18H2,1-2H3,(H,32,33);5-10,13,21,23-24,28-29H,3-4,11-12,14-18H2,1-2H3,(H,32,33)/t2*23-,24?,27?/m00/s1. The van der Waals surface area contributed by atoms with Gasteiger partial charge in [-0.15, -0.1) is 0 Å². The van der Waals surface area contributed by atoms with E-state index in [9.17, 15) is 46.2 Å². The zero-order valence-corrected chi connectivity index (χ0v) is 44.6. The normalized spacial score (nSPS) is 26.0. The van der Waals surface area contributed by atoms with Crippen molar-refractivity contribution in [3.63, 3.8) is 0 Å². The number of likely N-dealkylation sites (tertiary alicyclic amines) is 2. The number of allylic oxidation sites excluding steroid dienone is 7. The predicted molar refractivity (Wildman–Crippen MR) is 279 cm³/mol. The van der Waals surface area contributed by atoms with E-state index in [1.54, 1.807) is 48.6 Å². The second kappa shape index (κ2) is 24.7. The van der Waals surface area contributed by atoms with Gasteiger partial charge in [0.15, 0.2) is 11.6 Å². The van der Waals surface area contributed by atoms with Crippen molar-refractivity contribution in [3.05, 3.63) is 108 Å². The molecule has 2 aromatic rings. The molecule has 2 aromatic carbocycles. The zero-order valence-electron chi connectivity index (χ0n) is 43.0. The van der Waals surface area contributed by atoms with Crippen LogP contribution in [0.2, 0.25) is 0 Å². The molecule has 74 heavy (non-hydrogen) atoms. The number of aliphatic carboxylic acids is 2. The van der Waals surface area contributed by atoms with Crippen molar-refractivity contribution < 1.29 is 55.7 Å². The first-order valence-electron chi connectivity index (χ1n) is 25.8. The smallest absolute Gasteiger partial charge is 0.321 e. The van der Waals surface area contributed by atoms with Crippen molar-refractivity contribution in [3.8, 4) is 0 Å². The third kappa shape index (κ3) is 14.7. The fraction of sp³-hybridized carbons (Fsp3) is 0.556. The minimum absolute atomic E-state index is 0.0184. The summed E-state index contributed by atoms with van der Waals surface area (Å²) in [7, 11) is -4.07. The molecule has 18 nitrogen and oxygen atoms in total. The number of hydrogen-bond donors (Lipinski definition) is 6. The Bertz CT molecular complexity index is 2670. The molecule has 8 rings (SSSR count). The summed E-state index contributed by atoms with van der Waals surface area (Å²) in [6.07, 6.45) is 17.4. The molecule has 4 aliphatic heterocycles. The fourth-order valence-electron chi connectivity index (χ4n) is 10.6. The Morgan fingerprint density at radius 3 is 1.53 bits per heavy atom. The first kappa shape index (κ1) is 56.7. The SMILES string of the molecule is Cc1ccc(S(=O)(=O)NC(CC2(C(=O)[C@@H]3CCCN3)C=CC(OC3CCN(C)CC3)=CC2)C(=O)O)cc1.Cc1ccc(S(=O)(=O)NC(CC2(C(=O)[C@@H]3CCCN3)C=CC=C(OC3CCN(C)CC3)C2)C(=O)O)cc1. The number of ether oxygens (including phenoxy) is 2. The van der Waals surface area contributed by atoms with Gasteiger partial charge in [-0.25, -0.2) is 16.8 Å². The van der Waals surface area contributed by atoms with E-state index in [4.69, 9.17) is 9.47 Å².